The molecular weight excluding hydrogens is 392 g/mol. The van der Waals surface area contributed by atoms with Gasteiger partial charge in [-0.1, -0.05) is 6.08 Å². The molecule has 1 aliphatic carbocycles. The summed E-state index contributed by atoms with van der Waals surface area (Å²) in [5.41, 5.74) is -1.54. The number of carbonyl (C=O) groups is 2. The molecule has 4 nitrogen and oxygen atoms in total. The van der Waals surface area contributed by atoms with E-state index in [1.54, 1.807) is 0 Å². The van der Waals surface area contributed by atoms with Crippen LogP contribution in [0.2, 0.25) is 0 Å². The molecule has 0 spiro atoms. The van der Waals surface area contributed by atoms with Crippen LogP contribution in [0.5, 0.6) is 5.75 Å². The normalized spacial score (nSPS) is 14.6. The zero-order chi connectivity index (χ0) is 20.9. The maximum absolute atomic E-state index is 12.9. The van der Waals surface area contributed by atoms with Crippen molar-refractivity contribution in [1.82, 2.24) is 5.32 Å². The van der Waals surface area contributed by atoms with E-state index in [9.17, 15) is 35.9 Å². The van der Waals surface area contributed by atoms with E-state index in [4.69, 9.17) is 4.74 Å². The molecule has 0 saturated heterocycles. The van der Waals surface area contributed by atoms with Crippen molar-refractivity contribution in [3.05, 3.63) is 53.3 Å². The first-order valence-corrected chi connectivity index (χ1v) is 8.09. The van der Waals surface area contributed by atoms with Crippen LogP contribution in [0.4, 0.5) is 26.3 Å². The molecule has 10 heteroatoms. The highest BCUT2D eigenvalue weighted by Gasteiger charge is 2.32. The highest BCUT2D eigenvalue weighted by atomic mass is 19.4. The summed E-state index contributed by atoms with van der Waals surface area (Å²) < 4.78 is 80.5. The number of halogens is 6. The lowest BCUT2D eigenvalue weighted by Gasteiger charge is -2.16. The van der Waals surface area contributed by atoms with E-state index in [-0.39, 0.29) is 23.7 Å². The fourth-order valence-corrected chi connectivity index (χ4v) is 2.32. The standard InChI is InChI=1S/C18H15F6NO3/c19-17(20,21)7-2-8-28-15-6-5-11(18(22,23)24)9-14(15)16(27)25-12-3-1-4-13(26)10-12/h1,3,5-6,9-10H,2,4,7-8H2,(H,25,27). The summed E-state index contributed by atoms with van der Waals surface area (Å²) >= 11 is 0. The summed E-state index contributed by atoms with van der Waals surface area (Å²) in [6.07, 6.45) is -6.54. The van der Waals surface area contributed by atoms with Gasteiger partial charge in [0, 0.05) is 24.6 Å². The number of nitrogens with one attached hydrogen (secondary N) is 1. The summed E-state index contributed by atoms with van der Waals surface area (Å²) in [7, 11) is 0. The zero-order valence-corrected chi connectivity index (χ0v) is 14.3. The number of ketones is 1. The van der Waals surface area contributed by atoms with Gasteiger partial charge in [-0.2, -0.15) is 26.3 Å². The Bertz CT molecular complexity index is 809. The first-order chi connectivity index (χ1) is 13.0. The Balaban J connectivity index is 2.21. The average Bonchev–Trinajstić information content (AvgIpc) is 2.57. The summed E-state index contributed by atoms with van der Waals surface area (Å²) in [5, 5.41) is 2.29. The molecule has 0 heterocycles. The SMILES string of the molecule is O=C1C=C(NC(=O)c2cc(C(F)(F)F)ccc2OCCCC(F)(F)F)C=CC1. The maximum atomic E-state index is 12.9. The van der Waals surface area contributed by atoms with Crippen LogP contribution < -0.4 is 10.1 Å². The molecule has 0 unspecified atom stereocenters. The molecule has 0 radical (unpaired) electrons. The molecule has 2 rings (SSSR count). The highest BCUT2D eigenvalue weighted by Crippen LogP contribution is 2.33. The predicted molar refractivity (Wildman–Crippen MR) is 86.5 cm³/mol. The number of hydrogen-bond donors (Lipinski definition) is 1. The van der Waals surface area contributed by atoms with E-state index in [0.29, 0.717) is 12.1 Å². The number of alkyl halides is 6. The number of hydrogen-bond acceptors (Lipinski definition) is 3. The van der Waals surface area contributed by atoms with E-state index < -0.39 is 48.8 Å². The Morgan fingerprint density at radius 1 is 1.14 bits per heavy atom. The van der Waals surface area contributed by atoms with E-state index in [2.05, 4.69) is 5.32 Å². The predicted octanol–water partition coefficient (Wildman–Crippen LogP) is 4.57. The lowest BCUT2D eigenvalue weighted by molar-refractivity contribution is -0.138. The molecule has 152 valence electrons. The van der Waals surface area contributed by atoms with Crippen molar-refractivity contribution in [3.63, 3.8) is 0 Å². The van der Waals surface area contributed by atoms with Crippen molar-refractivity contribution in [2.45, 2.75) is 31.6 Å². The van der Waals surface area contributed by atoms with Crippen LogP contribution in [0.15, 0.2) is 42.1 Å². The van der Waals surface area contributed by atoms with Crippen LogP contribution in [0, 0.1) is 0 Å². The third-order valence-electron chi connectivity index (χ3n) is 3.60. The molecule has 1 aliphatic rings. The van der Waals surface area contributed by atoms with Crippen LogP contribution in [0.25, 0.3) is 0 Å². The molecule has 28 heavy (non-hydrogen) atoms. The van der Waals surface area contributed by atoms with E-state index in [1.165, 1.54) is 12.2 Å². The van der Waals surface area contributed by atoms with E-state index in [0.717, 1.165) is 12.1 Å². The second-order valence-corrected chi connectivity index (χ2v) is 5.90. The van der Waals surface area contributed by atoms with Crippen molar-refractivity contribution < 1.29 is 40.7 Å². The van der Waals surface area contributed by atoms with Crippen molar-refractivity contribution in [2.24, 2.45) is 0 Å². The Kier molecular flexibility index (Phi) is 6.52. The summed E-state index contributed by atoms with van der Waals surface area (Å²) in [4.78, 5) is 23.7. The van der Waals surface area contributed by atoms with Crippen molar-refractivity contribution in [1.29, 1.82) is 0 Å². The summed E-state index contributed by atoms with van der Waals surface area (Å²) in [6.45, 7) is -0.438. The molecule has 0 fully saturated rings. The average molecular weight is 407 g/mol. The first-order valence-electron chi connectivity index (χ1n) is 8.09. The number of carbonyl (C=O) groups excluding carboxylic acids is 2. The molecule has 0 saturated carbocycles. The van der Waals surface area contributed by atoms with Gasteiger partial charge >= 0.3 is 12.4 Å². The van der Waals surface area contributed by atoms with Crippen LogP contribution in [0.3, 0.4) is 0 Å². The lowest BCUT2D eigenvalue weighted by atomic mass is 10.1. The monoisotopic (exact) mass is 407 g/mol. The van der Waals surface area contributed by atoms with Gasteiger partial charge in [0.25, 0.3) is 5.91 Å². The lowest BCUT2D eigenvalue weighted by Crippen LogP contribution is -2.25. The zero-order valence-electron chi connectivity index (χ0n) is 14.3. The van der Waals surface area contributed by atoms with Gasteiger partial charge < -0.3 is 10.1 Å². The molecule has 0 atom stereocenters. The van der Waals surface area contributed by atoms with E-state index in [1.807, 2.05) is 0 Å². The number of benzene rings is 1. The molecular formula is C18H15F6NO3. The Morgan fingerprint density at radius 2 is 1.86 bits per heavy atom. The number of rotatable bonds is 6. The van der Waals surface area contributed by atoms with Crippen LogP contribution in [-0.2, 0) is 11.0 Å². The van der Waals surface area contributed by atoms with Crippen LogP contribution in [0.1, 0.15) is 35.2 Å². The molecule has 0 bridgehead atoms. The second-order valence-electron chi connectivity index (χ2n) is 5.90. The van der Waals surface area contributed by atoms with Gasteiger partial charge in [0.05, 0.1) is 17.7 Å². The molecule has 1 aromatic carbocycles. The van der Waals surface area contributed by atoms with Gasteiger partial charge in [-0.3, -0.25) is 9.59 Å². The quantitative estimate of drug-likeness (QED) is 0.555. The van der Waals surface area contributed by atoms with Crippen molar-refractivity contribution in [3.8, 4) is 5.75 Å². The summed E-state index contributed by atoms with van der Waals surface area (Å²) in [6, 6.07) is 2.09. The third kappa shape index (κ3) is 6.43. The maximum Gasteiger partial charge on any atom is 0.416 e. The highest BCUT2D eigenvalue weighted by molar-refractivity contribution is 6.00. The second kappa shape index (κ2) is 8.49. The molecule has 0 aliphatic heterocycles. The minimum atomic E-state index is -4.73. The number of allylic oxidation sites excluding steroid dienone is 3. The molecule has 1 aromatic rings. The smallest absolute Gasteiger partial charge is 0.416 e. The van der Waals surface area contributed by atoms with Crippen molar-refractivity contribution >= 4 is 11.7 Å². The third-order valence-corrected chi connectivity index (χ3v) is 3.60. The first kappa shape index (κ1) is 21.5. The fraction of sp³-hybridized carbons (Fsp3) is 0.333. The molecule has 0 aromatic heterocycles. The minimum absolute atomic E-state index is 0.0849. The van der Waals surface area contributed by atoms with Gasteiger partial charge in [0.1, 0.15) is 5.75 Å². The van der Waals surface area contributed by atoms with Crippen LogP contribution in [-0.4, -0.2) is 24.5 Å². The summed E-state index contributed by atoms with van der Waals surface area (Å²) in [5.74, 6) is -1.58. The molecule has 1 N–H and O–H groups in total. The Labute approximate surface area is 155 Å². The van der Waals surface area contributed by atoms with E-state index >= 15 is 0 Å². The van der Waals surface area contributed by atoms with Gasteiger partial charge in [0.15, 0.2) is 5.78 Å². The van der Waals surface area contributed by atoms with Gasteiger partial charge in [0.2, 0.25) is 0 Å². The topological polar surface area (TPSA) is 55.4 Å². The Hall–Kier alpha value is -2.78. The van der Waals surface area contributed by atoms with Crippen LogP contribution >= 0.6 is 0 Å². The van der Waals surface area contributed by atoms with Crippen molar-refractivity contribution in [2.75, 3.05) is 6.61 Å². The van der Waals surface area contributed by atoms with Gasteiger partial charge in [-0.25, -0.2) is 0 Å². The minimum Gasteiger partial charge on any atom is -0.493 e. The number of amides is 1. The molecule has 1 amide bonds. The Morgan fingerprint density at radius 3 is 2.46 bits per heavy atom. The van der Waals surface area contributed by atoms with Gasteiger partial charge in [-0.05, 0) is 30.7 Å². The number of ether oxygens (including phenoxy) is 1. The fourth-order valence-electron chi connectivity index (χ4n) is 2.32. The largest absolute Gasteiger partial charge is 0.493 e. The van der Waals surface area contributed by atoms with Gasteiger partial charge in [-0.15, -0.1) is 0 Å².